The van der Waals surface area contributed by atoms with Crippen molar-refractivity contribution in [1.29, 1.82) is 0 Å². The summed E-state index contributed by atoms with van der Waals surface area (Å²) in [5.41, 5.74) is 1.05. The average Bonchev–Trinajstić information content (AvgIpc) is 3.17. The van der Waals surface area contributed by atoms with Gasteiger partial charge in [0.05, 0.1) is 11.3 Å². The number of ether oxygens (including phenoxy) is 1. The van der Waals surface area contributed by atoms with E-state index in [4.69, 9.17) is 4.74 Å². The number of carbonyl (C=O) groups excluding carboxylic acids is 3. The Morgan fingerprint density at radius 3 is 2.69 bits per heavy atom. The molecule has 1 aliphatic heterocycles. The Labute approximate surface area is 179 Å². The molecule has 0 bridgehead atoms. The maximum absolute atomic E-state index is 12.7. The summed E-state index contributed by atoms with van der Waals surface area (Å²) >= 11 is 3.07. The van der Waals surface area contributed by atoms with Gasteiger partial charge in [-0.15, -0.1) is 23.1 Å². The summed E-state index contributed by atoms with van der Waals surface area (Å²) in [4.78, 5) is 41.0. The minimum absolute atomic E-state index is 0.0536. The van der Waals surface area contributed by atoms with Crippen molar-refractivity contribution >= 4 is 40.8 Å². The van der Waals surface area contributed by atoms with E-state index in [1.165, 1.54) is 22.2 Å². The summed E-state index contributed by atoms with van der Waals surface area (Å²) in [5, 5.41) is 2.07. The van der Waals surface area contributed by atoms with Crippen LogP contribution in [0.2, 0.25) is 0 Å². The maximum Gasteiger partial charge on any atom is 0.339 e. The van der Waals surface area contributed by atoms with Crippen LogP contribution in [-0.2, 0) is 27.3 Å². The van der Waals surface area contributed by atoms with Gasteiger partial charge in [-0.05, 0) is 35.6 Å². The van der Waals surface area contributed by atoms with E-state index in [0.29, 0.717) is 17.0 Å². The molecule has 0 radical (unpaired) electrons. The van der Waals surface area contributed by atoms with Gasteiger partial charge in [-0.2, -0.15) is 0 Å². The maximum atomic E-state index is 12.7. The molecule has 3 rings (SSSR count). The van der Waals surface area contributed by atoms with Crippen LogP contribution in [0.4, 0.5) is 0 Å². The summed E-state index contributed by atoms with van der Waals surface area (Å²) < 4.78 is 5.21. The van der Waals surface area contributed by atoms with E-state index in [2.05, 4.69) is 11.4 Å². The number of hydrogen-bond acceptors (Lipinski definition) is 6. The summed E-state index contributed by atoms with van der Waals surface area (Å²) in [6, 6.07) is 9.11. The molecule has 154 valence electrons. The van der Waals surface area contributed by atoms with E-state index >= 15 is 0 Å². The van der Waals surface area contributed by atoms with Crippen LogP contribution in [0.1, 0.15) is 41.6 Å². The number of thiophene rings is 1. The third-order valence-electron chi connectivity index (χ3n) is 4.79. The first kappa shape index (κ1) is 21.6. The van der Waals surface area contributed by atoms with Crippen molar-refractivity contribution in [3.8, 4) is 0 Å². The molecular formula is C22H25NO4S2. The first-order valence-corrected chi connectivity index (χ1v) is 11.4. The Balaban J connectivity index is 1.58. The molecule has 0 unspecified atom stereocenters. The molecule has 0 N–H and O–H groups in total. The van der Waals surface area contributed by atoms with Crippen molar-refractivity contribution in [2.24, 2.45) is 5.41 Å². The number of nitrogens with zero attached hydrogens (tertiary/aromatic N) is 1. The monoisotopic (exact) mass is 431 g/mol. The quantitative estimate of drug-likeness (QED) is 0.507. The highest BCUT2D eigenvalue weighted by Crippen LogP contribution is 2.27. The van der Waals surface area contributed by atoms with Crippen molar-refractivity contribution < 1.29 is 19.1 Å². The van der Waals surface area contributed by atoms with Gasteiger partial charge in [-0.1, -0.05) is 32.9 Å². The normalized spacial score (nSPS) is 13.7. The van der Waals surface area contributed by atoms with Crippen LogP contribution in [0, 0.1) is 5.41 Å². The van der Waals surface area contributed by atoms with Gasteiger partial charge < -0.3 is 9.64 Å². The molecule has 1 aromatic heterocycles. The largest absolute Gasteiger partial charge is 0.454 e. The smallest absolute Gasteiger partial charge is 0.339 e. The number of hydrogen-bond donors (Lipinski definition) is 0. The molecule has 5 nitrogen and oxygen atoms in total. The number of ketones is 1. The Hall–Kier alpha value is -2.12. The van der Waals surface area contributed by atoms with E-state index in [0.717, 1.165) is 13.0 Å². The molecule has 0 fully saturated rings. The molecular weight excluding hydrogens is 406 g/mol. The third-order valence-corrected chi connectivity index (χ3v) is 6.87. The number of Topliss-reactive ketones (excluding diaryl/α,β-unsaturated/α-hetero) is 1. The molecule has 29 heavy (non-hydrogen) atoms. The standard InChI is InChI=1S/C22H25NO4S2/c1-22(2,3)19(24)13-27-21(26)16-6-4-5-7-18(16)29-14-20(25)23-10-8-17-15(12-23)9-11-28-17/h4-7,9,11H,8,10,12-14H2,1-3H3. The van der Waals surface area contributed by atoms with E-state index in [-0.39, 0.29) is 24.1 Å². The molecule has 1 aromatic carbocycles. The van der Waals surface area contributed by atoms with E-state index < -0.39 is 11.4 Å². The van der Waals surface area contributed by atoms with Gasteiger partial charge in [0, 0.05) is 28.3 Å². The lowest BCUT2D eigenvalue weighted by Crippen LogP contribution is -2.36. The number of amides is 1. The number of rotatable bonds is 6. The van der Waals surface area contributed by atoms with Crippen molar-refractivity contribution in [2.45, 2.75) is 38.6 Å². The molecule has 2 heterocycles. The number of thioether (sulfide) groups is 1. The number of fused-ring (bicyclic) bond motifs is 1. The van der Waals surface area contributed by atoms with Gasteiger partial charge in [0.2, 0.25) is 5.91 Å². The fourth-order valence-corrected chi connectivity index (χ4v) is 4.71. The zero-order valence-corrected chi connectivity index (χ0v) is 18.5. The van der Waals surface area contributed by atoms with E-state index in [1.807, 2.05) is 11.0 Å². The molecule has 7 heteroatoms. The van der Waals surface area contributed by atoms with Crippen molar-refractivity contribution in [3.63, 3.8) is 0 Å². The third kappa shape index (κ3) is 5.48. The lowest BCUT2D eigenvalue weighted by molar-refractivity contribution is -0.130. The zero-order chi connectivity index (χ0) is 21.0. The first-order valence-electron chi connectivity index (χ1n) is 9.51. The van der Waals surface area contributed by atoms with Gasteiger partial charge >= 0.3 is 5.97 Å². The van der Waals surface area contributed by atoms with Gasteiger partial charge in [-0.25, -0.2) is 4.79 Å². The van der Waals surface area contributed by atoms with Gasteiger partial charge in [0.25, 0.3) is 0 Å². The summed E-state index contributed by atoms with van der Waals surface area (Å²) in [6.45, 7) is 6.49. The molecule has 0 saturated carbocycles. The van der Waals surface area contributed by atoms with Crippen molar-refractivity contribution in [3.05, 3.63) is 51.7 Å². The fourth-order valence-electron chi connectivity index (χ4n) is 2.88. The summed E-state index contributed by atoms with van der Waals surface area (Å²) in [6.07, 6.45) is 0.897. The Morgan fingerprint density at radius 1 is 1.17 bits per heavy atom. The fraction of sp³-hybridized carbons (Fsp3) is 0.409. The highest BCUT2D eigenvalue weighted by Gasteiger charge is 2.24. The minimum atomic E-state index is -0.558. The second kappa shape index (κ2) is 9.13. The van der Waals surface area contributed by atoms with Crippen LogP contribution in [0.25, 0.3) is 0 Å². The van der Waals surface area contributed by atoms with Crippen LogP contribution in [0.15, 0.2) is 40.6 Å². The molecule has 1 amide bonds. The highest BCUT2D eigenvalue weighted by molar-refractivity contribution is 8.00. The van der Waals surface area contributed by atoms with Crippen LogP contribution < -0.4 is 0 Å². The molecule has 0 aliphatic carbocycles. The molecule has 0 spiro atoms. The van der Waals surface area contributed by atoms with E-state index in [9.17, 15) is 14.4 Å². The van der Waals surface area contributed by atoms with Gasteiger partial charge in [0.15, 0.2) is 12.4 Å². The summed E-state index contributed by atoms with van der Waals surface area (Å²) in [7, 11) is 0. The Bertz CT molecular complexity index is 914. The van der Waals surface area contributed by atoms with Crippen LogP contribution in [0.5, 0.6) is 0 Å². The SMILES string of the molecule is CC(C)(C)C(=O)COC(=O)c1ccccc1SCC(=O)N1CCc2sccc2C1. The van der Waals surface area contributed by atoms with Gasteiger partial charge in [0.1, 0.15) is 0 Å². The van der Waals surface area contributed by atoms with Crippen LogP contribution >= 0.6 is 23.1 Å². The minimum Gasteiger partial charge on any atom is -0.454 e. The second-order valence-corrected chi connectivity index (χ2v) is 9.99. The van der Waals surface area contributed by atoms with Crippen LogP contribution in [0.3, 0.4) is 0 Å². The summed E-state index contributed by atoms with van der Waals surface area (Å²) in [5.74, 6) is -0.369. The van der Waals surface area contributed by atoms with Crippen molar-refractivity contribution in [2.75, 3.05) is 18.9 Å². The highest BCUT2D eigenvalue weighted by atomic mass is 32.2. The average molecular weight is 432 g/mol. The molecule has 1 aliphatic rings. The number of esters is 1. The van der Waals surface area contributed by atoms with Gasteiger partial charge in [-0.3, -0.25) is 9.59 Å². The molecule has 0 atom stereocenters. The van der Waals surface area contributed by atoms with E-state index in [1.54, 1.807) is 50.3 Å². The Morgan fingerprint density at radius 2 is 1.93 bits per heavy atom. The zero-order valence-electron chi connectivity index (χ0n) is 16.9. The Kier molecular flexibility index (Phi) is 6.80. The predicted octanol–water partition coefficient (Wildman–Crippen LogP) is 4.20. The molecule has 0 saturated heterocycles. The number of benzene rings is 1. The molecule has 2 aromatic rings. The second-order valence-electron chi connectivity index (χ2n) is 7.97. The first-order chi connectivity index (χ1) is 13.8. The predicted molar refractivity (Wildman–Crippen MR) is 115 cm³/mol. The van der Waals surface area contributed by atoms with Crippen molar-refractivity contribution in [1.82, 2.24) is 4.90 Å². The lowest BCUT2D eigenvalue weighted by atomic mass is 9.91. The van der Waals surface area contributed by atoms with Crippen LogP contribution in [-0.4, -0.2) is 41.5 Å². The number of carbonyl (C=O) groups is 3. The lowest BCUT2D eigenvalue weighted by Gasteiger charge is -2.27. The topological polar surface area (TPSA) is 63.7 Å².